The highest BCUT2D eigenvalue weighted by Gasteiger charge is 2.38. The van der Waals surface area contributed by atoms with Gasteiger partial charge < -0.3 is 5.73 Å². The predicted molar refractivity (Wildman–Crippen MR) is 62.2 cm³/mol. The molecule has 0 aromatic heterocycles. The van der Waals surface area contributed by atoms with Crippen molar-refractivity contribution in [1.82, 2.24) is 0 Å². The Kier molecular flexibility index (Phi) is 4.98. The maximum Gasteiger partial charge on any atom is 0.441 e. The number of rotatable bonds is 5. The maximum atomic E-state index is 12.0. The number of halogens is 3. The molecule has 0 radical (unpaired) electrons. The van der Waals surface area contributed by atoms with Gasteiger partial charge in [0.05, 0.1) is 0 Å². The van der Waals surface area contributed by atoms with E-state index in [4.69, 9.17) is 5.73 Å². The molecule has 0 aliphatic heterocycles. The zero-order valence-electron chi connectivity index (χ0n) is 9.65. The van der Waals surface area contributed by atoms with E-state index in [0.717, 1.165) is 25.7 Å². The second-order valence-corrected chi connectivity index (χ2v) is 5.93. The molecule has 0 spiro atoms. The summed E-state index contributed by atoms with van der Waals surface area (Å²) < 4.78 is 36.1. The molecule has 1 aliphatic rings. The third-order valence-electron chi connectivity index (χ3n) is 3.71. The Bertz CT molecular complexity index is 220. The molecule has 0 bridgehead atoms. The highest BCUT2D eigenvalue weighted by Crippen LogP contribution is 2.46. The maximum absolute atomic E-state index is 12.0. The summed E-state index contributed by atoms with van der Waals surface area (Å²) in [6.07, 6.45) is 4.86. The molecule has 0 amide bonds. The van der Waals surface area contributed by atoms with Gasteiger partial charge in [-0.15, -0.1) is 0 Å². The topological polar surface area (TPSA) is 26.0 Å². The van der Waals surface area contributed by atoms with Crippen LogP contribution in [0.2, 0.25) is 0 Å². The van der Waals surface area contributed by atoms with E-state index in [0.29, 0.717) is 18.9 Å². The Morgan fingerprint density at radius 3 is 2.56 bits per heavy atom. The van der Waals surface area contributed by atoms with Crippen LogP contribution in [0.1, 0.15) is 39.0 Å². The molecule has 1 rings (SSSR count). The van der Waals surface area contributed by atoms with Crippen LogP contribution in [0, 0.1) is 11.3 Å². The lowest BCUT2D eigenvalue weighted by Gasteiger charge is -2.27. The van der Waals surface area contributed by atoms with Crippen molar-refractivity contribution in [3.63, 3.8) is 0 Å². The molecule has 5 heteroatoms. The van der Waals surface area contributed by atoms with Crippen LogP contribution in [0.4, 0.5) is 13.2 Å². The van der Waals surface area contributed by atoms with Crippen molar-refractivity contribution < 1.29 is 13.2 Å². The van der Waals surface area contributed by atoms with E-state index in [2.05, 4.69) is 6.92 Å². The van der Waals surface area contributed by atoms with Crippen LogP contribution in [0.25, 0.3) is 0 Å². The minimum absolute atomic E-state index is 0.0150. The van der Waals surface area contributed by atoms with E-state index in [1.165, 1.54) is 0 Å². The van der Waals surface area contributed by atoms with Crippen molar-refractivity contribution in [2.75, 3.05) is 12.3 Å². The van der Waals surface area contributed by atoms with Gasteiger partial charge in [-0.2, -0.15) is 13.2 Å². The standard InChI is InChI=1S/C11H20F3NS/c1-2-9-3-4-10(7-9,8-15)5-6-16-11(12,13)14/h9H,2-8,15H2,1H3. The van der Waals surface area contributed by atoms with Crippen LogP contribution in [-0.2, 0) is 0 Å². The average Bonchev–Trinajstić information content (AvgIpc) is 2.60. The predicted octanol–water partition coefficient (Wildman–Crippen LogP) is 3.78. The minimum atomic E-state index is -4.10. The monoisotopic (exact) mass is 255 g/mol. The van der Waals surface area contributed by atoms with E-state index < -0.39 is 5.51 Å². The van der Waals surface area contributed by atoms with Gasteiger partial charge in [0, 0.05) is 5.75 Å². The number of hydrogen-bond donors (Lipinski definition) is 1. The molecule has 2 unspecified atom stereocenters. The molecule has 1 saturated carbocycles. The van der Waals surface area contributed by atoms with Crippen LogP contribution in [0.15, 0.2) is 0 Å². The molecule has 0 saturated heterocycles. The second-order valence-electron chi connectivity index (χ2n) is 4.77. The lowest BCUT2D eigenvalue weighted by Crippen LogP contribution is -2.29. The molecule has 1 fully saturated rings. The summed E-state index contributed by atoms with van der Waals surface area (Å²) in [7, 11) is 0. The van der Waals surface area contributed by atoms with Crippen molar-refractivity contribution in [2.45, 2.75) is 44.5 Å². The number of alkyl halides is 3. The van der Waals surface area contributed by atoms with Crippen molar-refractivity contribution >= 4 is 11.8 Å². The summed E-state index contributed by atoms with van der Waals surface area (Å²) in [6.45, 7) is 2.67. The van der Waals surface area contributed by atoms with Gasteiger partial charge in [-0.3, -0.25) is 0 Å². The summed E-state index contributed by atoms with van der Waals surface area (Å²) >= 11 is 0.0876. The molecular formula is C11H20F3NS. The first kappa shape index (κ1) is 14.2. The first-order chi connectivity index (χ1) is 7.41. The lowest BCUT2D eigenvalue weighted by atomic mass is 9.82. The van der Waals surface area contributed by atoms with Gasteiger partial charge >= 0.3 is 5.51 Å². The van der Waals surface area contributed by atoms with Gasteiger partial charge in [-0.1, -0.05) is 25.1 Å². The third-order valence-corrected chi connectivity index (χ3v) is 4.45. The highest BCUT2D eigenvalue weighted by molar-refractivity contribution is 8.00. The smallest absolute Gasteiger partial charge is 0.330 e. The van der Waals surface area contributed by atoms with Crippen molar-refractivity contribution in [1.29, 1.82) is 0 Å². The van der Waals surface area contributed by atoms with E-state index in [-0.39, 0.29) is 22.9 Å². The molecule has 0 aromatic rings. The van der Waals surface area contributed by atoms with Gasteiger partial charge in [-0.25, -0.2) is 0 Å². The molecule has 0 heterocycles. The summed E-state index contributed by atoms with van der Waals surface area (Å²) in [5.41, 5.74) is 1.63. The first-order valence-corrected chi connectivity index (χ1v) is 6.80. The zero-order chi connectivity index (χ0) is 12.2. The van der Waals surface area contributed by atoms with Crippen molar-refractivity contribution in [2.24, 2.45) is 17.1 Å². The fourth-order valence-corrected chi connectivity index (χ4v) is 3.34. The average molecular weight is 255 g/mol. The second kappa shape index (κ2) is 5.63. The van der Waals surface area contributed by atoms with Crippen molar-refractivity contribution in [3.05, 3.63) is 0 Å². The highest BCUT2D eigenvalue weighted by atomic mass is 32.2. The molecule has 2 atom stereocenters. The fourth-order valence-electron chi connectivity index (χ4n) is 2.57. The lowest BCUT2D eigenvalue weighted by molar-refractivity contribution is -0.0329. The first-order valence-electron chi connectivity index (χ1n) is 5.81. The van der Waals surface area contributed by atoms with Crippen LogP contribution in [-0.4, -0.2) is 17.8 Å². The Morgan fingerprint density at radius 2 is 2.12 bits per heavy atom. The van der Waals surface area contributed by atoms with E-state index in [1.807, 2.05) is 0 Å². The molecule has 96 valence electrons. The summed E-state index contributed by atoms with van der Waals surface area (Å²) in [4.78, 5) is 0. The van der Waals surface area contributed by atoms with E-state index >= 15 is 0 Å². The Morgan fingerprint density at radius 1 is 1.44 bits per heavy atom. The van der Waals surface area contributed by atoms with E-state index in [1.54, 1.807) is 0 Å². The minimum Gasteiger partial charge on any atom is -0.330 e. The zero-order valence-corrected chi connectivity index (χ0v) is 10.5. The quantitative estimate of drug-likeness (QED) is 0.809. The summed E-state index contributed by atoms with van der Waals surface area (Å²) in [5.74, 6) is 0.816. The van der Waals surface area contributed by atoms with Gasteiger partial charge in [0.1, 0.15) is 0 Å². The summed E-state index contributed by atoms with van der Waals surface area (Å²) in [6, 6.07) is 0. The van der Waals surface area contributed by atoms with Gasteiger partial charge in [0.15, 0.2) is 0 Å². The van der Waals surface area contributed by atoms with Crippen molar-refractivity contribution in [3.8, 4) is 0 Å². The summed E-state index contributed by atoms with van der Waals surface area (Å²) in [5, 5.41) is 0. The Balaban J connectivity index is 2.38. The SMILES string of the molecule is CCC1CCC(CN)(CCSC(F)(F)F)C1. The van der Waals surface area contributed by atoms with Gasteiger partial charge in [-0.05, 0) is 43.6 Å². The molecule has 0 aromatic carbocycles. The Hall–Kier alpha value is 0.100. The van der Waals surface area contributed by atoms with Crippen LogP contribution in [0.5, 0.6) is 0 Å². The molecule has 1 nitrogen and oxygen atoms in total. The molecule has 2 N–H and O–H groups in total. The van der Waals surface area contributed by atoms with Gasteiger partial charge in [0.2, 0.25) is 0 Å². The number of thioether (sulfide) groups is 1. The Labute approximate surface area is 99.3 Å². The molecular weight excluding hydrogens is 235 g/mol. The fraction of sp³-hybridized carbons (Fsp3) is 1.00. The molecule has 16 heavy (non-hydrogen) atoms. The van der Waals surface area contributed by atoms with Gasteiger partial charge in [0.25, 0.3) is 0 Å². The largest absolute Gasteiger partial charge is 0.441 e. The third kappa shape index (κ3) is 4.17. The number of hydrogen-bond acceptors (Lipinski definition) is 2. The van der Waals surface area contributed by atoms with Crippen LogP contribution >= 0.6 is 11.8 Å². The van der Waals surface area contributed by atoms with E-state index in [9.17, 15) is 13.2 Å². The normalized spacial score (nSPS) is 30.9. The molecule has 1 aliphatic carbocycles. The van der Waals surface area contributed by atoms with Crippen LogP contribution in [0.3, 0.4) is 0 Å². The number of nitrogens with two attached hydrogens (primary N) is 1. The van der Waals surface area contributed by atoms with Crippen LogP contribution < -0.4 is 5.73 Å².